The number of carbonyl (C=O) groups is 1. The smallest absolute Gasteiger partial charge is 0.306 e. The third-order valence-electron chi connectivity index (χ3n) is 13.1. The minimum Gasteiger partial charge on any atom is -0.463 e. The summed E-state index contributed by atoms with van der Waals surface area (Å²) in [5.74, 6) is 0.794. The van der Waals surface area contributed by atoms with Gasteiger partial charge in [0.25, 0.3) is 0 Å². The van der Waals surface area contributed by atoms with Crippen LogP contribution in [-0.2, 0) is 29.2 Å². The Hall–Kier alpha value is -1.04. The Labute approximate surface area is 325 Å². The summed E-state index contributed by atoms with van der Waals surface area (Å²) in [4.78, 5) is 12.1. The molecule has 5 nitrogen and oxygen atoms in total. The first-order valence-electron chi connectivity index (χ1n) is 21.9. The molecule has 0 aromatic heterocycles. The summed E-state index contributed by atoms with van der Waals surface area (Å²) in [6.45, 7) is 25.1. The zero-order valence-corrected chi connectivity index (χ0v) is 38.8. The second-order valence-electron chi connectivity index (χ2n) is 16.1. The van der Waals surface area contributed by atoms with E-state index in [-0.39, 0.29) is 30.4 Å². The number of allylic oxidation sites excluding steroid dienone is 2. The third-order valence-corrected chi connectivity index (χ3v) is 27.1. The van der Waals surface area contributed by atoms with Crippen LogP contribution in [0.5, 0.6) is 0 Å². The molecule has 1 aromatic carbocycles. The molecule has 1 saturated carbocycles. The lowest BCUT2D eigenvalue weighted by Gasteiger charge is -2.37. The van der Waals surface area contributed by atoms with Gasteiger partial charge in [0.1, 0.15) is 0 Å². The van der Waals surface area contributed by atoms with Gasteiger partial charge >= 0.3 is 5.97 Å². The van der Waals surface area contributed by atoms with E-state index in [1.807, 2.05) is 13.8 Å². The molecule has 1 aliphatic carbocycles. The van der Waals surface area contributed by atoms with Gasteiger partial charge in [0.15, 0.2) is 25.0 Å². The molecule has 5 atom stereocenters. The zero-order valence-electron chi connectivity index (χ0n) is 35.8. The molecule has 0 N–H and O–H groups in total. The van der Waals surface area contributed by atoms with E-state index < -0.39 is 25.0 Å². The Bertz CT molecular complexity index is 1090. The topological polar surface area (TPSA) is 54.0 Å². The van der Waals surface area contributed by atoms with E-state index in [0.717, 1.165) is 51.4 Å². The standard InChI is InChI=1S/C44H82O5Si3/c1-12-50(13-2,14-3)47-39(33-32-38-28-24-23-25-29-38)34-35-41-40(30-26-21-22-27-31-44(45)46-37(10)11)42(48-51(15-4,16-5)17-6)36-43(41)49-52(18-7,19-8)20-9/h21,23-26,28-29,37,39-43H,12-20,22,27,30-36H2,1-11H3/t39-,40+,41+,42-,43+/m0/s1. The molecule has 0 radical (unpaired) electrons. The molecule has 0 saturated heterocycles. The number of hydrogen-bond donors (Lipinski definition) is 0. The summed E-state index contributed by atoms with van der Waals surface area (Å²) in [7, 11) is -5.46. The fourth-order valence-corrected chi connectivity index (χ4v) is 17.6. The molecule has 0 spiro atoms. The Balaban J connectivity index is 2.46. The van der Waals surface area contributed by atoms with E-state index in [9.17, 15) is 4.79 Å². The summed E-state index contributed by atoms with van der Waals surface area (Å²) in [6, 6.07) is 21.6. The van der Waals surface area contributed by atoms with Crippen molar-refractivity contribution in [2.24, 2.45) is 11.8 Å². The predicted octanol–water partition coefficient (Wildman–Crippen LogP) is 13.3. The second-order valence-corrected chi connectivity index (χ2v) is 30.3. The quantitative estimate of drug-likeness (QED) is 0.0367. The van der Waals surface area contributed by atoms with E-state index in [0.29, 0.717) is 18.3 Å². The number of benzene rings is 1. The van der Waals surface area contributed by atoms with Crippen molar-refractivity contribution in [2.75, 3.05) is 0 Å². The number of rotatable bonds is 28. The first kappa shape index (κ1) is 47.1. The minimum atomic E-state index is -1.84. The van der Waals surface area contributed by atoms with Crippen molar-refractivity contribution in [2.45, 2.75) is 213 Å². The fourth-order valence-electron chi connectivity index (χ4n) is 8.79. The van der Waals surface area contributed by atoms with E-state index in [2.05, 4.69) is 105 Å². The van der Waals surface area contributed by atoms with Crippen molar-refractivity contribution in [3.05, 3.63) is 48.0 Å². The minimum absolute atomic E-state index is 0.0533. The van der Waals surface area contributed by atoms with Crippen LogP contribution in [0.1, 0.15) is 133 Å². The first-order chi connectivity index (χ1) is 25.0. The van der Waals surface area contributed by atoms with Crippen LogP contribution in [0.25, 0.3) is 0 Å². The molecular weight excluding hydrogens is 693 g/mol. The molecular formula is C44H82O5Si3. The Morgan fingerprint density at radius 1 is 0.712 bits per heavy atom. The molecule has 0 amide bonds. The summed E-state index contributed by atoms with van der Waals surface area (Å²) in [5.41, 5.74) is 1.41. The van der Waals surface area contributed by atoms with Crippen LogP contribution in [0.15, 0.2) is 42.5 Å². The van der Waals surface area contributed by atoms with Crippen molar-refractivity contribution < 1.29 is 22.8 Å². The van der Waals surface area contributed by atoms with Crippen molar-refractivity contribution in [3.63, 3.8) is 0 Å². The van der Waals surface area contributed by atoms with Crippen LogP contribution in [0, 0.1) is 11.8 Å². The normalized spacial score (nSPS) is 20.6. The highest BCUT2D eigenvalue weighted by molar-refractivity contribution is 6.74. The molecule has 0 unspecified atom stereocenters. The number of ether oxygens (including phenoxy) is 1. The lowest BCUT2D eigenvalue weighted by molar-refractivity contribution is -0.147. The number of unbranched alkanes of at least 4 members (excludes halogenated alkanes) is 1. The van der Waals surface area contributed by atoms with Crippen molar-refractivity contribution in [1.29, 1.82) is 0 Å². The van der Waals surface area contributed by atoms with Gasteiger partial charge in [-0.05, 0) is 137 Å². The summed E-state index contributed by atoms with van der Waals surface area (Å²) < 4.78 is 27.7. The lowest BCUT2D eigenvalue weighted by Crippen LogP contribution is -2.42. The van der Waals surface area contributed by atoms with Gasteiger partial charge in [-0.3, -0.25) is 4.79 Å². The molecule has 52 heavy (non-hydrogen) atoms. The van der Waals surface area contributed by atoms with Gasteiger partial charge in [0, 0.05) is 12.5 Å². The predicted molar refractivity (Wildman–Crippen MR) is 231 cm³/mol. The largest absolute Gasteiger partial charge is 0.463 e. The average molecular weight is 775 g/mol. The molecule has 1 aromatic rings. The molecule has 0 bridgehead atoms. The SMILES string of the molecule is CC[Si](CC)(CC)O[C@@H](CCc1ccccc1)CC[C@@H]1[C@@H](CC=CCCCC(=O)OC(C)C)[C@@H](O[Si](CC)(CC)CC)C[C@H]1O[Si](CC)(CC)CC. The molecule has 0 heterocycles. The highest BCUT2D eigenvalue weighted by Gasteiger charge is 2.49. The maximum absolute atomic E-state index is 12.1. The van der Waals surface area contributed by atoms with Gasteiger partial charge in [-0.1, -0.05) is 105 Å². The van der Waals surface area contributed by atoms with Crippen LogP contribution in [0.2, 0.25) is 54.4 Å². The molecule has 300 valence electrons. The van der Waals surface area contributed by atoms with Crippen LogP contribution >= 0.6 is 0 Å². The highest BCUT2D eigenvalue weighted by Crippen LogP contribution is 2.46. The second kappa shape index (κ2) is 24.5. The Morgan fingerprint density at radius 2 is 1.23 bits per heavy atom. The third kappa shape index (κ3) is 14.6. The first-order valence-corrected chi connectivity index (χ1v) is 29.5. The van der Waals surface area contributed by atoms with Gasteiger partial charge in [0.05, 0.1) is 18.3 Å². The van der Waals surface area contributed by atoms with E-state index in [1.54, 1.807) is 0 Å². The van der Waals surface area contributed by atoms with E-state index >= 15 is 0 Å². The lowest BCUT2D eigenvalue weighted by atomic mass is 9.85. The molecule has 1 fully saturated rings. The number of aryl methyl sites for hydroxylation is 1. The maximum Gasteiger partial charge on any atom is 0.306 e. The summed E-state index contributed by atoms with van der Waals surface area (Å²) in [5, 5.41) is 0. The summed E-state index contributed by atoms with van der Waals surface area (Å²) in [6.07, 6.45) is 14.0. The van der Waals surface area contributed by atoms with Crippen LogP contribution in [0.4, 0.5) is 0 Å². The molecule has 8 heteroatoms. The number of carbonyl (C=O) groups excluding carboxylic acids is 1. The monoisotopic (exact) mass is 775 g/mol. The molecule has 0 aliphatic heterocycles. The van der Waals surface area contributed by atoms with Crippen molar-refractivity contribution >= 4 is 30.9 Å². The highest BCUT2D eigenvalue weighted by atomic mass is 28.4. The van der Waals surface area contributed by atoms with Gasteiger partial charge in [-0.15, -0.1) is 0 Å². The van der Waals surface area contributed by atoms with Crippen LogP contribution < -0.4 is 0 Å². The van der Waals surface area contributed by atoms with E-state index in [1.165, 1.54) is 60.0 Å². The van der Waals surface area contributed by atoms with Crippen LogP contribution in [-0.4, -0.2) is 55.3 Å². The summed E-state index contributed by atoms with van der Waals surface area (Å²) >= 11 is 0. The maximum atomic E-state index is 12.1. The average Bonchev–Trinajstić information content (AvgIpc) is 3.48. The molecule has 2 rings (SSSR count). The van der Waals surface area contributed by atoms with Crippen molar-refractivity contribution in [3.8, 4) is 0 Å². The van der Waals surface area contributed by atoms with Gasteiger partial charge < -0.3 is 18.0 Å². The van der Waals surface area contributed by atoms with Gasteiger partial charge in [-0.25, -0.2) is 0 Å². The van der Waals surface area contributed by atoms with Gasteiger partial charge in [-0.2, -0.15) is 0 Å². The number of esters is 1. The van der Waals surface area contributed by atoms with Crippen molar-refractivity contribution in [1.82, 2.24) is 0 Å². The van der Waals surface area contributed by atoms with E-state index in [4.69, 9.17) is 18.0 Å². The molecule has 1 aliphatic rings. The zero-order chi connectivity index (χ0) is 38.6. The van der Waals surface area contributed by atoms with Gasteiger partial charge in [0.2, 0.25) is 0 Å². The number of hydrogen-bond acceptors (Lipinski definition) is 5. The Kier molecular flexibility index (Phi) is 22.2. The fraction of sp³-hybridized carbons (Fsp3) is 0.795. The van der Waals surface area contributed by atoms with Crippen LogP contribution in [0.3, 0.4) is 0 Å². The Morgan fingerprint density at radius 3 is 1.73 bits per heavy atom.